The van der Waals surface area contributed by atoms with Crippen LogP contribution in [0.2, 0.25) is 0 Å². The number of carbonyl (C=O) groups excluding carboxylic acids is 1. The van der Waals surface area contributed by atoms with Gasteiger partial charge in [0.1, 0.15) is 11.7 Å². The number of amides is 1. The van der Waals surface area contributed by atoms with E-state index >= 15 is 0 Å². The third-order valence-corrected chi connectivity index (χ3v) is 7.12. The molecule has 11 heteroatoms. The molecule has 1 N–H and O–H groups in total. The van der Waals surface area contributed by atoms with Crippen LogP contribution in [0.3, 0.4) is 0 Å². The Morgan fingerprint density at radius 3 is 2.67 bits per heavy atom. The average Bonchev–Trinajstić information content (AvgIpc) is 3.40. The van der Waals surface area contributed by atoms with Crippen LogP contribution in [0.15, 0.2) is 66.0 Å². The highest BCUT2D eigenvalue weighted by Gasteiger charge is 2.34. The number of halogens is 1. The lowest BCUT2D eigenvalue weighted by atomic mass is 10.0. The Kier molecular flexibility index (Phi) is 5.14. The summed E-state index contributed by atoms with van der Waals surface area (Å²) < 4.78 is 41.2. The molecule has 168 valence electrons. The molecule has 1 aliphatic rings. The number of nitrogens with zero attached hydrogens (tertiary/aromatic N) is 5. The van der Waals surface area contributed by atoms with Gasteiger partial charge in [-0.25, -0.2) is 4.39 Å². The summed E-state index contributed by atoms with van der Waals surface area (Å²) in [5.74, 6) is -2.34. The largest absolute Gasteiger partial charge is 0.395 e. The summed E-state index contributed by atoms with van der Waals surface area (Å²) in [6, 6.07) is 10.7. The van der Waals surface area contributed by atoms with Crippen molar-refractivity contribution in [2.24, 2.45) is 0 Å². The minimum Gasteiger partial charge on any atom is -0.395 e. The van der Waals surface area contributed by atoms with Crippen LogP contribution >= 0.6 is 0 Å². The highest BCUT2D eigenvalue weighted by Crippen LogP contribution is 2.28. The fourth-order valence-corrected chi connectivity index (χ4v) is 5.09. The summed E-state index contributed by atoms with van der Waals surface area (Å²) in [7, 11) is -3.94. The predicted molar refractivity (Wildman–Crippen MR) is 115 cm³/mol. The lowest BCUT2D eigenvalue weighted by Crippen LogP contribution is -2.34. The van der Waals surface area contributed by atoms with Crippen LogP contribution in [-0.4, -0.2) is 50.1 Å². The zero-order valence-electron chi connectivity index (χ0n) is 17.2. The van der Waals surface area contributed by atoms with Gasteiger partial charge in [0.05, 0.1) is 35.0 Å². The summed E-state index contributed by atoms with van der Waals surface area (Å²) in [6.07, 6.45) is 4.36. The van der Waals surface area contributed by atoms with Crippen molar-refractivity contribution in [2.45, 2.75) is 23.9 Å². The summed E-state index contributed by atoms with van der Waals surface area (Å²) >= 11 is 0. The molecule has 0 aliphatic carbocycles. The molecule has 0 unspecified atom stereocenters. The number of fused-ring (bicyclic) bond motifs is 2. The van der Waals surface area contributed by atoms with Gasteiger partial charge in [-0.1, -0.05) is 6.07 Å². The van der Waals surface area contributed by atoms with Gasteiger partial charge >= 0.3 is 0 Å². The van der Waals surface area contributed by atoms with E-state index in [0.717, 1.165) is 4.09 Å². The molecule has 1 aromatic carbocycles. The van der Waals surface area contributed by atoms with Crippen molar-refractivity contribution in [1.82, 2.24) is 24.1 Å². The van der Waals surface area contributed by atoms with E-state index in [9.17, 15) is 22.7 Å². The molecular weight excluding hydrogens is 449 g/mol. The second kappa shape index (κ2) is 8.01. The molecule has 4 aromatic rings. The van der Waals surface area contributed by atoms with Crippen molar-refractivity contribution in [3.8, 4) is 0 Å². The van der Waals surface area contributed by atoms with E-state index in [4.69, 9.17) is 0 Å². The third kappa shape index (κ3) is 3.64. The minimum atomic E-state index is -3.94. The number of hydrogen-bond donors (Lipinski definition) is 1. The maximum Gasteiger partial charge on any atom is 0.282 e. The van der Waals surface area contributed by atoms with Crippen molar-refractivity contribution >= 4 is 26.8 Å². The highest BCUT2D eigenvalue weighted by atomic mass is 32.2. The first-order valence-electron chi connectivity index (χ1n) is 10.1. The quantitative estimate of drug-likeness (QED) is 0.476. The van der Waals surface area contributed by atoms with E-state index < -0.39 is 34.3 Å². The van der Waals surface area contributed by atoms with E-state index in [0.29, 0.717) is 22.2 Å². The highest BCUT2D eigenvalue weighted by molar-refractivity contribution is 7.89. The van der Waals surface area contributed by atoms with Crippen LogP contribution in [0.1, 0.15) is 22.9 Å². The number of hydrogen-bond acceptors (Lipinski definition) is 7. The Hall–Kier alpha value is -3.70. The van der Waals surface area contributed by atoms with E-state index in [1.165, 1.54) is 41.6 Å². The molecule has 0 saturated heterocycles. The molecule has 3 aromatic heterocycles. The third-order valence-electron chi connectivity index (χ3n) is 5.59. The van der Waals surface area contributed by atoms with Crippen LogP contribution in [0.25, 0.3) is 10.9 Å². The molecule has 0 radical (unpaired) electrons. The van der Waals surface area contributed by atoms with E-state index in [1.54, 1.807) is 24.4 Å². The Morgan fingerprint density at radius 1 is 1.12 bits per heavy atom. The average molecular weight is 467 g/mol. The van der Waals surface area contributed by atoms with Crippen LogP contribution in [0.4, 0.5) is 4.39 Å². The predicted octanol–water partition coefficient (Wildman–Crippen LogP) is 1.82. The molecule has 0 fully saturated rings. The topological polar surface area (TPSA) is 118 Å². The zero-order valence-corrected chi connectivity index (χ0v) is 18.0. The minimum absolute atomic E-state index is 0.0449. The molecule has 0 saturated carbocycles. The van der Waals surface area contributed by atoms with Gasteiger partial charge in [-0.2, -0.15) is 17.6 Å². The summed E-state index contributed by atoms with van der Waals surface area (Å²) in [5.41, 5.74) is 1.53. The summed E-state index contributed by atoms with van der Waals surface area (Å²) in [4.78, 5) is 22.5. The molecule has 1 amide bonds. The molecule has 1 aliphatic heterocycles. The maximum atomic E-state index is 14.1. The molecule has 5 rings (SSSR count). The van der Waals surface area contributed by atoms with Gasteiger partial charge in [0.15, 0.2) is 0 Å². The first-order valence-corrected chi connectivity index (χ1v) is 11.5. The van der Waals surface area contributed by atoms with Gasteiger partial charge in [0.2, 0.25) is 5.91 Å². The van der Waals surface area contributed by atoms with Crippen LogP contribution in [0, 0.1) is 5.82 Å². The molecule has 0 spiro atoms. The first kappa shape index (κ1) is 21.2. The van der Waals surface area contributed by atoms with Crippen molar-refractivity contribution in [3.05, 3.63) is 83.8 Å². The summed E-state index contributed by atoms with van der Waals surface area (Å²) in [6.45, 7) is -0.467. The SMILES string of the molecule is O=C([C@@H](CO)c1ncccc1F)N1Cc2cn(S(=O)(=O)c3ccc4ncccc4c3)nc2C1. The van der Waals surface area contributed by atoms with Gasteiger partial charge in [-0.15, -0.1) is 0 Å². The van der Waals surface area contributed by atoms with Gasteiger partial charge in [0.25, 0.3) is 10.0 Å². The zero-order chi connectivity index (χ0) is 23.2. The monoisotopic (exact) mass is 467 g/mol. The number of carbonyl (C=O) groups is 1. The Balaban J connectivity index is 1.39. The first-order chi connectivity index (χ1) is 15.9. The smallest absolute Gasteiger partial charge is 0.282 e. The molecule has 0 bridgehead atoms. The summed E-state index contributed by atoms with van der Waals surface area (Å²) in [5, 5.41) is 14.6. The van der Waals surface area contributed by atoms with Crippen molar-refractivity contribution in [3.63, 3.8) is 0 Å². The number of benzene rings is 1. The van der Waals surface area contributed by atoms with Gasteiger partial charge in [-0.3, -0.25) is 14.8 Å². The number of aliphatic hydroxyl groups is 1. The van der Waals surface area contributed by atoms with E-state index in [1.807, 2.05) is 0 Å². The molecule has 1 atom stereocenters. The number of aromatic nitrogens is 4. The van der Waals surface area contributed by atoms with Crippen LogP contribution in [-0.2, 0) is 27.9 Å². The van der Waals surface area contributed by atoms with Crippen molar-refractivity contribution < 1.29 is 22.7 Å². The van der Waals surface area contributed by atoms with Crippen molar-refractivity contribution in [1.29, 1.82) is 0 Å². The van der Waals surface area contributed by atoms with Crippen LogP contribution in [0.5, 0.6) is 0 Å². The fourth-order valence-electron chi connectivity index (χ4n) is 3.88. The Morgan fingerprint density at radius 2 is 1.91 bits per heavy atom. The van der Waals surface area contributed by atoms with Gasteiger partial charge in [-0.05, 0) is 36.4 Å². The lowest BCUT2D eigenvalue weighted by Gasteiger charge is -2.21. The maximum absolute atomic E-state index is 14.1. The second-order valence-corrected chi connectivity index (χ2v) is 9.43. The standard InChI is InChI=1S/C22H18FN5O4S/c23-18-4-2-8-25-21(18)17(13-29)22(30)27-10-15-11-28(26-20(15)12-27)33(31,32)16-5-6-19-14(9-16)3-1-7-24-19/h1-9,11,17,29H,10,12-13H2/t17-/m0/s1. The molecule has 33 heavy (non-hydrogen) atoms. The number of pyridine rings is 2. The molecular formula is C22H18FN5O4S. The Bertz CT molecular complexity index is 1460. The normalized spacial score (nSPS) is 14.4. The molecule has 4 heterocycles. The van der Waals surface area contributed by atoms with E-state index in [-0.39, 0.29) is 23.7 Å². The Labute approximate surface area is 188 Å². The van der Waals surface area contributed by atoms with Gasteiger partial charge < -0.3 is 10.0 Å². The van der Waals surface area contributed by atoms with Gasteiger partial charge in [0, 0.05) is 36.1 Å². The number of rotatable bonds is 5. The van der Waals surface area contributed by atoms with E-state index in [2.05, 4.69) is 15.1 Å². The van der Waals surface area contributed by atoms with Crippen LogP contribution < -0.4 is 0 Å². The fraction of sp³-hybridized carbons (Fsp3) is 0.182. The second-order valence-electron chi connectivity index (χ2n) is 7.64. The van der Waals surface area contributed by atoms with Crippen molar-refractivity contribution in [2.75, 3.05) is 6.61 Å². The number of aliphatic hydroxyl groups excluding tert-OH is 1. The lowest BCUT2D eigenvalue weighted by molar-refractivity contribution is -0.134. The molecule has 9 nitrogen and oxygen atoms in total.